The monoisotopic (exact) mass is 630 g/mol. The molecule has 0 spiro atoms. The van der Waals surface area contributed by atoms with Crippen molar-refractivity contribution in [2.24, 2.45) is 0 Å². The standard InChI is InChI=1S/C43H26N4S/c1-3-11-31-25-33(23-17-27(31)9-1)41-44-40(45-42(46-41)34-24-18-28-10-2-4-12-32(28)26-34)30-21-19-29(20-22-30)39-35-13-5-6-14-36(35)47-37-15-7-8-16-38(37)48-43(39)47/h1-26H. The van der Waals surface area contributed by atoms with Gasteiger partial charge < -0.3 is 0 Å². The van der Waals surface area contributed by atoms with Crippen LogP contribution in [0.4, 0.5) is 0 Å². The van der Waals surface area contributed by atoms with E-state index in [2.05, 4.69) is 162 Å². The summed E-state index contributed by atoms with van der Waals surface area (Å²) < 4.78 is 3.68. The Labute approximate surface area is 280 Å². The summed E-state index contributed by atoms with van der Waals surface area (Å²) in [6.45, 7) is 0. The molecule has 0 unspecified atom stereocenters. The van der Waals surface area contributed by atoms with E-state index in [0.717, 1.165) is 27.5 Å². The van der Waals surface area contributed by atoms with Crippen LogP contribution in [0.5, 0.6) is 0 Å². The second-order valence-electron chi connectivity index (χ2n) is 12.1. The summed E-state index contributed by atoms with van der Waals surface area (Å²) in [7, 11) is 0. The Morgan fingerprint density at radius 1 is 0.396 bits per heavy atom. The third kappa shape index (κ3) is 4.33. The fourth-order valence-electron chi connectivity index (χ4n) is 6.87. The molecule has 0 amide bonds. The molecule has 0 aliphatic rings. The van der Waals surface area contributed by atoms with Gasteiger partial charge in [-0.2, -0.15) is 0 Å². The minimum atomic E-state index is 0.650. The largest absolute Gasteiger partial charge is 0.299 e. The lowest BCUT2D eigenvalue weighted by Gasteiger charge is -2.10. The van der Waals surface area contributed by atoms with Crippen molar-refractivity contribution in [3.05, 3.63) is 158 Å². The molecule has 0 saturated carbocycles. The molecule has 0 saturated heterocycles. The maximum absolute atomic E-state index is 5.07. The quantitative estimate of drug-likeness (QED) is 0.194. The van der Waals surface area contributed by atoms with Gasteiger partial charge in [-0.15, -0.1) is 11.3 Å². The van der Waals surface area contributed by atoms with Gasteiger partial charge in [-0.05, 0) is 57.4 Å². The first kappa shape index (κ1) is 27.0. The van der Waals surface area contributed by atoms with E-state index in [9.17, 15) is 0 Å². The average molecular weight is 631 g/mol. The molecular weight excluding hydrogens is 605 g/mol. The first-order valence-electron chi connectivity index (χ1n) is 16.0. The second-order valence-corrected chi connectivity index (χ2v) is 13.1. The van der Waals surface area contributed by atoms with Crippen LogP contribution < -0.4 is 0 Å². The highest BCUT2D eigenvalue weighted by molar-refractivity contribution is 7.24. The third-order valence-corrected chi connectivity index (χ3v) is 10.4. The molecule has 0 aliphatic heterocycles. The predicted octanol–water partition coefficient (Wildman–Crippen LogP) is 11.5. The zero-order chi connectivity index (χ0) is 31.6. The highest BCUT2D eigenvalue weighted by Gasteiger charge is 2.19. The van der Waals surface area contributed by atoms with E-state index in [1.54, 1.807) is 0 Å². The van der Waals surface area contributed by atoms with Crippen molar-refractivity contribution in [1.82, 2.24) is 19.4 Å². The maximum atomic E-state index is 5.07. The molecule has 3 heterocycles. The van der Waals surface area contributed by atoms with Crippen LogP contribution in [0.25, 0.3) is 92.8 Å². The molecule has 0 atom stereocenters. The van der Waals surface area contributed by atoms with E-state index in [4.69, 9.17) is 15.0 Å². The van der Waals surface area contributed by atoms with Crippen LogP contribution in [-0.4, -0.2) is 19.4 Å². The summed E-state index contributed by atoms with van der Waals surface area (Å²) in [5.74, 6) is 1.96. The number of hydrogen-bond donors (Lipinski definition) is 0. The van der Waals surface area contributed by atoms with Crippen LogP contribution in [-0.2, 0) is 0 Å². The lowest BCUT2D eigenvalue weighted by atomic mass is 10.0. The molecule has 10 aromatic rings. The Hall–Kier alpha value is -6.17. The van der Waals surface area contributed by atoms with Crippen LogP contribution in [0.1, 0.15) is 0 Å². The smallest absolute Gasteiger partial charge is 0.164 e. The Balaban J connectivity index is 1.13. The maximum Gasteiger partial charge on any atom is 0.164 e. The lowest BCUT2D eigenvalue weighted by Crippen LogP contribution is -2.00. The summed E-state index contributed by atoms with van der Waals surface area (Å²) >= 11 is 1.84. The van der Waals surface area contributed by atoms with Crippen molar-refractivity contribution < 1.29 is 0 Å². The number of benzene rings is 7. The predicted molar refractivity (Wildman–Crippen MR) is 200 cm³/mol. The molecule has 0 fully saturated rings. The molecule has 0 bridgehead atoms. The van der Waals surface area contributed by atoms with Gasteiger partial charge in [-0.3, -0.25) is 4.40 Å². The highest BCUT2D eigenvalue weighted by Crippen LogP contribution is 2.42. The molecule has 48 heavy (non-hydrogen) atoms. The van der Waals surface area contributed by atoms with Gasteiger partial charge in [0.2, 0.25) is 0 Å². The van der Waals surface area contributed by atoms with Crippen molar-refractivity contribution in [3.8, 4) is 45.3 Å². The van der Waals surface area contributed by atoms with Gasteiger partial charge >= 0.3 is 0 Å². The number of hydrogen-bond acceptors (Lipinski definition) is 4. The van der Waals surface area contributed by atoms with E-state index in [1.165, 1.54) is 47.8 Å². The normalized spacial score (nSPS) is 11.8. The van der Waals surface area contributed by atoms with E-state index in [1.807, 2.05) is 11.3 Å². The highest BCUT2D eigenvalue weighted by atomic mass is 32.1. The van der Waals surface area contributed by atoms with E-state index in [0.29, 0.717) is 17.5 Å². The minimum Gasteiger partial charge on any atom is -0.299 e. The van der Waals surface area contributed by atoms with Gasteiger partial charge in [0.05, 0.1) is 15.7 Å². The number of fused-ring (bicyclic) bond motifs is 7. The van der Waals surface area contributed by atoms with Gasteiger partial charge in [-0.1, -0.05) is 127 Å². The lowest BCUT2D eigenvalue weighted by molar-refractivity contribution is 1.08. The van der Waals surface area contributed by atoms with Crippen LogP contribution in [0, 0.1) is 0 Å². The van der Waals surface area contributed by atoms with Crippen LogP contribution >= 0.6 is 11.3 Å². The molecule has 0 radical (unpaired) electrons. The van der Waals surface area contributed by atoms with Gasteiger partial charge in [0.15, 0.2) is 17.5 Å². The van der Waals surface area contributed by atoms with E-state index < -0.39 is 0 Å². The number of rotatable bonds is 4. The first-order valence-corrected chi connectivity index (χ1v) is 16.8. The molecule has 3 aromatic heterocycles. The molecule has 0 N–H and O–H groups in total. The van der Waals surface area contributed by atoms with E-state index in [-0.39, 0.29) is 0 Å². The van der Waals surface area contributed by atoms with Crippen molar-refractivity contribution in [2.75, 3.05) is 0 Å². The third-order valence-electron chi connectivity index (χ3n) is 9.23. The van der Waals surface area contributed by atoms with Crippen LogP contribution in [0.3, 0.4) is 0 Å². The fraction of sp³-hybridized carbons (Fsp3) is 0. The minimum absolute atomic E-state index is 0.650. The molecule has 5 heteroatoms. The summed E-state index contributed by atoms with van der Waals surface area (Å²) in [5.41, 5.74) is 7.75. The van der Waals surface area contributed by atoms with Gasteiger partial charge in [0.1, 0.15) is 4.83 Å². The van der Waals surface area contributed by atoms with Crippen molar-refractivity contribution in [1.29, 1.82) is 0 Å². The van der Waals surface area contributed by atoms with Crippen molar-refractivity contribution in [2.45, 2.75) is 0 Å². The summed E-state index contributed by atoms with van der Waals surface area (Å²) in [4.78, 5) is 16.4. The Bertz CT molecular complexity index is 2750. The molecule has 224 valence electrons. The molecule has 0 aliphatic carbocycles. The molecule has 4 nitrogen and oxygen atoms in total. The number of aromatic nitrogens is 4. The summed E-state index contributed by atoms with van der Waals surface area (Å²) in [6, 6.07) is 55.6. The number of thiazole rings is 1. The SMILES string of the molecule is c1ccc2cc(-c3nc(-c4ccc(-c5c6ccccc6n6c5sc5ccccc56)cc4)nc(-c4ccc5ccccc5c4)n3)ccc2c1. The number of nitrogens with zero attached hydrogens (tertiary/aromatic N) is 4. The molecular formula is C43H26N4S. The fourth-order valence-corrected chi connectivity index (χ4v) is 8.11. The Kier molecular flexibility index (Phi) is 6.01. The van der Waals surface area contributed by atoms with Crippen molar-refractivity contribution >= 4 is 58.8 Å². The van der Waals surface area contributed by atoms with Gasteiger partial charge in [0.25, 0.3) is 0 Å². The van der Waals surface area contributed by atoms with Gasteiger partial charge in [-0.25, -0.2) is 15.0 Å². The Morgan fingerprint density at radius 2 is 0.875 bits per heavy atom. The summed E-state index contributed by atoms with van der Waals surface area (Å²) in [6.07, 6.45) is 0. The molecule has 10 rings (SSSR count). The second kappa shape index (κ2) is 10.7. The first-order chi connectivity index (χ1) is 23.8. The van der Waals surface area contributed by atoms with Gasteiger partial charge in [0, 0.05) is 27.6 Å². The average Bonchev–Trinajstić information content (AvgIpc) is 3.69. The zero-order valence-electron chi connectivity index (χ0n) is 25.7. The van der Waals surface area contributed by atoms with Crippen LogP contribution in [0.2, 0.25) is 0 Å². The van der Waals surface area contributed by atoms with Crippen molar-refractivity contribution in [3.63, 3.8) is 0 Å². The van der Waals surface area contributed by atoms with E-state index >= 15 is 0 Å². The number of para-hydroxylation sites is 2. The Morgan fingerprint density at radius 3 is 1.52 bits per heavy atom. The molecule has 7 aromatic carbocycles. The topological polar surface area (TPSA) is 43.1 Å². The summed E-state index contributed by atoms with van der Waals surface area (Å²) in [5, 5.41) is 5.93. The zero-order valence-corrected chi connectivity index (χ0v) is 26.5. The van der Waals surface area contributed by atoms with Crippen LogP contribution in [0.15, 0.2) is 158 Å².